The number of fused-ring (bicyclic) bond motifs is 1. The maximum atomic E-state index is 12.0. The van der Waals surface area contributed by atoms with E-state index < -0.39 is 0 Å². The van der Waals surface area contributed by atoms with Gasteiger partial charge in [-0.15, -0.1) is 0 Å². The molecule has 5 nitrogen and oxygen atoms in total. The van der Waals surface area contributed by atoms with E-state index in [1.165, 1.54) is 20.3 Å². The third-order valence-electron chi connectivity index (χ3n) is 2.79. The standard InChI is InChI=1S/C14H14O5/c1-17-11-4-3-5-12-14(11)10(15)8-9(19-12)6-7-13(16)18-2/h3-5,8H,6-7H2,1-2H3. The second-order valence-corrected chi connectivity index (χ2v) is 3.99. The van der Waals surface area contributed by atoms with Crippen LogP contribution in [-0.4, -0.2) is 20.2 Å². The van der Waals surface area contributed by atoms with Crippen LogP contribution < -0.4 is 10.2 Å². The molecule has 1 heterocycles. The summed E-state index contributed by atoms with van der Waals surface area (Å²) < 4.78 is 15.3. The van der Waals surface area contributed by atoms with E-state index in [9.17, 15) is 9.59 Å². The topological polar surface area (TPSA) is 65.7 Å². The normalized spacial score (nSPS) is 10.4. The Morgan fingerprint density at radius 2 is 2.11 bits per heavy atom. The molecular weight excluding hydrogens is 248 g/mol. The molecule has 0 bridgehead atoms. The molecule has 2 aromatic rings. The molecule has 1 aromatic heterocycles. The molecule has 2 rings (SSSR count). The first-order valence-electron chi connectivity index (χ1n) is 5.82. The molecule has 0 aliphatic rings. The zero-order valence-electron chi connectivity index (χ0n) is 10.8. The summed E-state index contributed by atoms with van der Waals surface area (Å²) in [6, 6.07) is 6.52. The van der Waals surface area contributed by atoms with Crippen molar-refractivity contribution >= 4 is 16.9 Å². The first kappa shape index (κ1) is 13.1. The van der Waals surface area contributed by atoms with Gasteiger partial charge < -0.3 is 13.9 Å². The van der Waals surface area contributed by atoms with Crippen molar-refractivity contribution in [3.05, 3.63) is 40.2 Å². The fourth-order valence-corrected chi connectivity index (χ4v) is 1.85. The average Bonchev–Trinajstić information content (AvgIpc) is 2.43. The van der Waals surface area contributed by atoms with Crippen molar-refractivity contribution in [2.24, 2.45) is 0 Å². The molecule has 0 saturated heterocycles. The number of hydrogen-bond acceptors (Lipinski definition) is 5. The van der Waals surface area contributed by atoms with Gasteiger partial charge in [0.25, 0.3) is 0 Å². The highest BCUT2D eigenvalue weighted by molar-refractivity contribution is 5.83. The number of aryl methyl sites for hydroxylation is 1. The molecule has 0 amide bonds. The number of rotatable bonds is 4. The zero-order chi connectivity index (χ0) is 13.8. The molecule has 1 aromatic carbocycles. The van der Waals surface area contributed by atoms with E-state index in [-0.39, 0.29) is 17.8 Å². The second kappa shape index (κ2) is 5.56. The van der Waals surface area contributed by atoms with Gasteiger partial charge in [-0.25, -0.2) is 0 Å². The maximum Gasteiger partial charge on any atom is 0.305 e. The van der Waals surface area contributed by atoms with Crippen molar-refractivity contribution in [1.82, 2.24) is 0 Å². The van der Waals surface area contributed by atoms with Crippen LogP contribution in [0.3, 0.4) is 0 Å². The monoisotopic (exact) mass is 262 g/mol. The molecule has 0 N–H and O–H groups in total. The van der Waals surface area contributed by atoms with Crippen LogP contribution in [0.15, 0.2) is 33.5 Å². The summed E-state index contributed by atoms with van der Waals surface area (Å²) in [7, 11) is 2.82. The lowest BCUT2D eigenvalue weighted by molar-refractivity contribution is -0.140. The lowest BCUT2D eigenvalue weighted by atomic mass is 10.1. The highest BCUT2D eigenvalue weighted by Gasteiger charge is 2.10. The van der Waals surface area contributed by atoms with Gasteiger partial charge in [-0.05, 0) is 12.1 Å². The highest BCUT2D eigenvalue weighted by Crippen LogP contribution is 2.23. The Labute approximate surface area is 109 Å². The average molecular weight is 262 g/mol. The Morgan fingerprint density at radius 3 is 2.79 bits per heavy atom. The fourth-order valence-electron chi connectivity index (χ4n) is 1.85. The molecule has 5 heteroatoms. The Kier molecular flexibility index (Phi) is 3.85. The summed E-state index contributed by atoms with van der Waals surface area (Å²) in [6.07, 6.45) is 0.504. The van der Waals surface area contributed by atoms with Gasteiger partial charge in [-0.1, -0.05) is 6.07 Å². The quantitative estimate of drug-likeness (QED) is 0.787. The number of esters is 1. The lowest BCUT2D eigenvalue weighted by Crippen LogP contribution is -2.06. The molecule has 0 saturated carbocycles. The number of methoxy groups -OCH3 is 2. The van der Waals surface area contributed by atoms with Crippen molar-refractivity contribution < 1.29 is 18.7 Å². The number of ether oxygens (including phenoxy) is 2. The maximum absolute atomic E-state index is 12.0. The summed E-state index contributed by atoms with van der Waals surface area (Å²) in [4.78, 5) is 23.1. The second-order valence-electron chi connectivity index (χ2n) is 3.99. The third-order valence-corrected chi connectivity index (χ3v) is 2.79. The van der Waals surface area contributed by atoms with Crippen LogP contribution in [0.2, 0.25) is 0 Å². The molecule has 0 spiro atoms. The van der Waals surface area contributed by atoms with Crippen molar-refractivity contribution in [3.8, 4) is 5.75 Å². The molecule has 0 atom stereocenters. The fraction of sp³-hybridized carbons (Fsp3) is 0.286. The van der Waals surface area contributed by atoms with Crippen molar-refractivity contribution in [2.45, 2.75) is 12.8 Å². The van der Waals surface area contributed by atoms with E-state index in [0.717, 1.165) is 0 Å². The summed E-state index contributed by atoms with van der Waals surface area (Å²) >= 11 is 0. The van der Waals surface area contributed by atoms with Gasteiger partial charge in [0, 0.05) is 12.5 Å². The molecule has 0 aliphatic heterocycles. The van der Waals surface area contributed by atoms with Crippen molar-refractivity contribution in [3.63, 3.8) is 0 Å². The molecular formula is C14H14O5. The Bertz CT molecular complexity index is 656. The third kappa shape index (κ3) is 2.76. The van der Waals surface area contributed by atoms with E-state index in [1.54, 1.807) is 18.2 Å². The van der Waals surface area contributed by atoms with E-state index in [1.807, 2.05) is 0 Å². The zero-order valence-corrected chi connectivity index (χ0v) is 10.8. The van der Waals surface area contributed by atoms with E-state index in [0.29, 0.717) is 28.9 Å². The first-order valence-corrected chi connectivity index (χ1v) is 5.82. The Morgan fingerprint density at radius 1 is 1.32 bits per heavy atom. The van der Waals surface area contributed by atoms with Gasteiger partial charge in [0.05, 0.1) is 20.6 Å². The SMILES string of the molecule is COC(=O)CCc1cc(=O)c2c(OC)cccc2o1. The molecule has 0 fully saturated rings. The van der Waals surface area contributed by atoms with E-state index in [2.05, 4.69) is 4.74 Å². The van der Waals surface area contributed by atoms with Gasteiger partial charge in [-0.2, -0.15) is 0 Å². The minimum absolute atomic E-state index is 0.176. The number of carbonyl (C=O) groups excluding carboxylic acids is 1. The number of hydrogen-bond donors (Lipinski definition) is 0. The van der Waals surface area contributed by atoms with Crippen LogP contribution in [0, 0.1) is 0 Å². The van der Waals surface area contributed by atoms with Crippen LogP contribution in [0.1, 0.15) is 12.2 Å². The first-order chi connectivity index (χ1) is 9.15. The van der Waals surface area contributed by atoms with Crippen LogP contribution in [-0.2, 0) is 16.0 Å². The molecule has 0 aliphatic carbocycles. The van der Waals surface area contributed by atoms with Gasteiger partial charge in [0.1, 0.15) is 22.5 Å². The van der Waals surface area contributed by atoms with Crippen LogP contribution >= 0.6 is 0 Å². The lowest BCUT2D eigenvalue weighted by Gasteiger charge is -2.05. The number of benzene rings is 1. The van der Waals surface area contributed by atoms with Crippen LogP contribution in [0.4, 0.5) is 0 Å². The smallest absolute Gasteiger partial charge is 0.305 e. The van der Waals surface area contributed by atoms with Crippen molar-refractivity contribution in [2.75, 3.05) is 14.2 Å². The number of carbonyl (C=O) groups is 1. The van der Waals surface area contributed by atoms with Crippen molar-refractivity contribution in [1.29, 1.82) is 0 Å². The summed E-state index contributed by atoms with van der Waals surface area (Å²) in [6.45, 7) is 0. The minimum atomic E-state index is -0.339. The van der Waals surface area contributed by atoms with Crippen LogP contribution in [0.5, 0.6) is 5.75 Å². The molecule has 0 radical (unpaired) electrons. The van der Waals surface area contributed by atoms with Gasteiger partial charge in [0.2, 0.25) is 0 Å². The molecule has 0 unspecified atom stereocenters. The van der Waals surface area contributed by atoms with Gasteiger partial charge in [-0.3, -0.25) is 9.59 Å². The summed E-state index contributed by atoms with van der Waals surface area (Å²) in [5, 5.41) is 0.409. The molecule has 100 valence electrons. The Hall–Kier alpha value is -2.30. The van der Waals surface area contributed by atoms with E-state index in [4.69, 9.17) is 9.15 Å². The highest BCUT2D eigenvalue weighted by atomic mass is 16.5. The van der Waals surface area contributed by atoms with Gasteiger partial charge in [0.15, 0.2) is 5.43 Å². The van der Waals surface area contributed by atoms with E-state index >= 15 is 0 Å². The molecule has 19 heavy (non-hydrogen) atoms. The van der Waals surface area contributed by atoms with Gasteiger partial charge >= 0.3 is 5.97 Å². The Balaban J connectivity index is 2.40. The predicted octanol–water partition coefficient (Wildman–Crippen LogP) is 1.91. The van der Waals surface area contributed by atoms with Crippen LogP contribution in [0.25, 0.3) is 11.0 Å². The predicted molar refractivity (Wildman–Crippen MR) is 69.4 cm³/mol. The summed E-state index contributed by atoms with van der Waals surface area (Å²) in [5.74, 6) is 0.593. The summed E-state index contributed by atoms with van der Waals surface area (Å²) in [5.41, 5.74) is 0.269. The largest absolute Gasteiger partial charge is 0.496 e. The minimum Gasteiger partial charge on any atom is -0.496 e.